The molecule has 0 atom stereocenters. The summed E-state index contributed by atoms with van der Waals surface area (Å²) < 4.78 is 5.26. The Morgan fingerprint density at radius 3 is 2.50 bits per heavy atom. The third-order valence-corrected chi connectivity index (χ3v) is 5.76. The molecule has 0 aliphatic carbocycles. The molecule has 4 rings (SSSR count). The van der Waals surface area contributed by atoms with E-state index in [-0.39, 0.29) is 5.91 Å². The number of hydrogen-bond donors (Lipinski definition) is 3. The Morgan fingerprint density at radius 2 is 1.81 bits per heavy atom. The largest absolute Gasteiger partial charge is 0.413 e. The Morgan fingerprint density at radius 1 is 1.03 bits per heavy atom. The molecule has 0 saturated heterocycles. The summed E-state index contributed by atoms with van der Waals surface area (Å²) in [6, 6.07) is 15.9. The van der Waals surface area contributed by atoms with Crippen LogP contribution in [0.4, 0.5) is 21.3 Å². The van der Waals surface area contributed by atoms with E-state index in [1.165, 1.54) is 11.3 Å². The van der Waals surface area contributed by atoms with Gasteiger partial charge in [0.2, 0.25) is 0 Å². The Hall–Kier alpha value is -4.24. The molecule has 0 bridgehead atoms. The first-order valence-corrected chi connectivity index (χ1v) is 12.2. The van der Waals surface area contributed by atoms with Gasteiger partial charge >= 0.3 is 6.09 Å². The van der Waals surface area contributed by atoms with Crippen molar-refractivity contribution in [3.63, 3.8) is 0 Å². The standard InChI is InChI=1S/C27H27N5O3S/c1-17-7-10-20(14-22(17)30-25-31-23(16-36-25)19-6-5-13-28-15-19)29-24(33)18-8-11-21(12-9-18)35-26(34)32-27(2,3)4/h5-16H,1-4H3,(H,29,33)(H,30,31)(H,32,34). The van der Waals surface area contributed by atoms with Gasteiger partial charge in [-0.15, -0.1) is 11.3 Å². The average Bonchev–Trinajstić information content (AvgIpc) is 3.29. The second-order valence-corrected chi connectivity index (χ2v) is 10.0. The van der Waals surface area contributed by atoms with Crippen molar-refractivity contribution in [3.05, 3.63) is 83.5 Å². The summed E-state index contributed by atoms with van der Waals surface area (Å²) in [5, 5.41) is 11.7. The molecular weight excluding hydrogens is 474 g/mol. The highest BCUT2D eigenvalue weighted by molar-refractivity contribution is 7.14. The number of thiazole rings is 1. The third kappa shape index (κ3) is 6.67. The number of benzene rings is 2. The van der Waals surface area contributed by atoms with Crippen molar-refractivity contribution in [1.29, 1.82) is 0 Å². The highest BCUT2D eigenvalue weighted by Gasteiger charge is 2.16. The highest BCUT2D eigenvalue weighted by atomic mass is 32.1. The van der Waals surface area contributed by atoms with Gasteiger partial charge in [0.25, 0.3) is 5.91 Å². The normalized spacial score (nSPS) is 11.0. The van der Waals surface area contributed by atoms with Crippen molar-refractivity contribution in [3.8, 4) is 17.0 Å². The first-order chi connectivity index (χ1) is 17.2. The molecule has 2 aromatic heterocycles. The number of nitrogens with zero attached hydrogens (tertiary/aromatic N) is 2. The van der Waals surface area contributed by atoms with Gasteiger partial charge in [-0.1, -0.05) is 6.07 Å². The molecule has 0 unspecified atom stereocenters. The van der Waals surface area contributed by atoms with E-state index in [0.717, 1.165) is 27.6 Å². The summed E-state index contributed by atoms with van der Waals surface area (Å²) in [5.74, 6) is 0.0767. The predicted molar refractivity (Wildman–Crippen MR) is 143 cm³/mol. The molecule has 0 spiro atoms. The summed E-state index contributed by atoms with van der Waals surface area (Å²) >= 11 is 1.50. The summed E-state index contributed by atoms with van der Waals surface area (Å²) in [6.07, 6.45) is 2.96. The Balaban J connectivity index is 1.40. The number of amides is 2. The molecule has 3 N–H and O–H groups in total. The summed E-state index contributed by atoms with van der Waals surface area (Å²) in [5.41, 5.74) is 4.33. The van der Waals surface area contributed by atoms with Crippen LogP contribution in [0, 0.1) is 6.92 Å². The van der Waals surface area contributed by atoms with Gasteiger partial charge in [-0.3, -0.25) is 9.78 Å². The molecular formula is C27H27N5O3S. The molecule has 2 heterocycles. The van der Waals surface area contributed by atoms with E-state index < -0.39 is 11.6 Å². The van der Waals surface area contributed by atoms with Crippen LogP contribution in [0.5, 0.6) is 5.75 Å². The predicted octanol–water partition coefficient (Wildman–Crippen LogP) is 6.40. The smallest absolute Gasteiger partial charge is 0.410 e. The number of anilines is 3. The molecule has 0 fully saturated rings. The number of aromatic nitrogens is 2. The van der Waals surface area contributed by atoms with Gasteiger partial charge in [-0.2, -0.15) is 0 Å². The third-order valence-electron chi connectivity index (χ3n) is 5.00. The lowest BCUT2D eigenvalue weighted by Crippen LogP contribution is -2.42. The molecule has 9 heteroatoms. The number of nitrogens with one attached hydrogen (secondary N) is 3. The molecule has 2 amide bonds. The zero-order valence-corrected chi connectivity index (χ0v) is 21.3. The fraction of sp³-hybridized carbons (Fsp3) is 0.185. The number of hydrogen-bond acceptors (Lipinski definition) is 7. The molecule has 184 valence electrons. The lowest BCUT2D eigenvalue weighted by atomic mass is 10.1. The minimum Gasteiger partial charge on any atom is -0.410 e. The first-order valence-electron chi connectivity index (χ1n) is 11.3. The van der Waals surface area contributed by atoms with Gasteiger partial charge in [0.1, 0.15) is 5.75 Å². The van der Waals surface area contributed by atoms with E-state index in [4.69, 9.17) is 4.74 Å². The lowest BCUT2D eigenvalue weighted by molar-refractivity contribution is 0.102. The van der Waals surface area contributed by atoms with Crippen LogP contribution >= 0.6 is 11.3 Å². The molecule has 8 nitrogen and oxygen atoms in total. The number of carbonyl (C=O) groups excluding carboxylic acids is 2. The monoisotopic (exact) mass is 501 g/mol. The van der Waals surface area contributed by atoms with Gasteiger partial charge in [0.05, 0.1) is 5.69 Å². The molecule has 4 aromatic rings. The zero-order valence-electron chi connectivity index (χ0n) is 20.5. The van der Waals surface area contributed by atoms with E-state index in [0.29, 0.717) is 17.0 Å². The number of aryl methyl sites for hydroxylation is 1. The maximum Gasteiger partial charge on any atom is 0.413 e. The highest BCUT2D eigenvalue weighted by Crippen LogP contribution is 2.29. The second-order valence-electron chi connectivity index (χ2n) is 9.18. The van der Waals surface area contributed by atoms with E-state index >= 15 is 0 Å². The fourth-order valence-electron chi connectivity index (χ4n) is 3.24. The van der Waals surface area contributed by atoms with Crippen LogP contribution in [-0.2, 0) is 0 Å². The van der Waals surface area contributed by atoms with E-state index in [9.17, 15) is 9.59 Å². The summed E-state index contributed by atoms with van der Waals surface area (Å²) in [4.78, 5) is 33.5. The van der Waals surface area contributed by atoms with Crippen LogP contribution in [0.2, 0.25) is 0 Å². The van der Waals surface area contributed by atoms with Gasteiger partial charge in [0, 0.05) is 45.8 Å². The van der Waals surface area contributed by atoms with Crippen LogP contribution in [0.25, 0.3) is 11.3 Å². The Labute approximate surface area is 213 Å². The summed E-state index contributed by atoms with van der Waals surface area (Å²) in [6.45, 7) is 7.58. The maximum atomic E-state index is 12.8. The topological polar surface area (TPSA) is 105 Å². The maximum absolute atomic E-state index is 12.8. The SMILES string of the molecule is Cc1ccc(NC(=O)c2ccc(OC(=O)NC(C)(C)C)cc2)cc1Nc1nc(-c2cccnc2)cs1. The van der Waals surface area contributed by atoms with Crippen molar-refractivity contribution < 1.29 is 14.3 Å². The number of ether oxygens (including phenoxy) is 1. The molecule has 36 heavy (non-hydrogen) atoms. The van der Waals surface area contributed by atoms with Crippen molar-refractivity contribution in [2.45, 2.75) is 33.2 Å². The lowest BCUT2D eigenvalue weighted by Gasteiger charge is -2.19. The van der Waals surface area contributed by atoms with Gasteiger partial charge in [0.15, 0.2) is 5.13 Å². The first kappa shape index (κ1) is 24.9. The Kier molecular flexibility index (Phi) is 7.30. The number of carbonyl (C=O) groups is 2. The van der Waals surface area contributed by atoms with E-state index in [1.807, 2.05) is 63.4 Å². The fourth-order valence-corrected chi connectivity index (χ4v) is 3.98. The average molecular weight is 502 g/mol. The quantitative estimate of drug-likeness (QED) is 0.282. The van der Waals surface area contributed by atoms with Crippen LogP contribution in [0.1, 0.15) is 36.7 Å². The van der Waals surface area contributed by atoms with Crippen LogP contribution in [0.15, 0.2) is 72.4 Å². The second kappa shape index (κ2) is 10.6. The van der Waals surface area contributed by atoms with Crippen LogP contribution in [-0.4, -0.2) is 27.5 Å². The minimum atomic E-state index is -0.549. The van der Waals surface area contributed by atoms with Crippen molar-refractivity contribution >= 4 is 39.8 Å². The van der Waals surface area contributed by atoms with Gasteiger partial charge in [-0.25, -0.2) is 9.78 Å². The van der Waals surface area contributed by atoms with Gasteiger partial charge in [-0.05, 0) is 81.8 Å². The minimum absolute atomic E-state index is 0.274. The molecule has 0 radical (unpaired) electrons. The van der Waals surface area contributed by atoms with Crippen LogP contribution in [0.3, 0.4) is 0 Å². The van der Waals surface area contributed by atoms with E-state index in [1.54, 1.807) is 36.7 Å². The number of rotatable bonds is 6. The molecule has 0 aliphatic rings. The Bertz CT molecular complexity index is 1360. The van der Waals surface area contributed by atoms with Crippen molar-refractivity contribution in [2.24, 2.45) is 0 Å². The summed E-state index contributed by atoms with van der Waals surface area (Å²) in [7, 11) is 0. The van der Waals surface area contributed by atoms with Gasteiger partial charge < -0.3 is 20.7 Å². The molecule has 0 aliphatic heterocycles. The van der Waals surface area contributed by atoms with Crippen molar-refractivity contribution in [1.82, 2.24) is 15.3 Å². The molecule has 0 saturated carbocycles. The van der Waals surface area contributed by atoms with Crippen LogP contribution < -0.4 is 20.7 Å². The number of pyridine rings is 1. The van der Waals surface area contributed by atoms with Crippen molar-refractivity contribution in [2.75, 3.05) is 10.6 Å². The molecule has 2 aromatic carbocycles. The zero-order chi connectivity index (χ0) is 25.7. The van der Waals surface area contributed by atoms with E-state index in [2.05, 4.69) is 25.9 Å².